The van der Waals surface area contributed by atoms with Gasteiger partial charge in [-0.2, -0.15) is 9.49 Å². The number of nitrogens with zero attached hydrogens (tertiary/aromatic N) is 7. The van der Waals surface area contributed by atoms with E-state index in [-0.39, 0.29) is 58.8 Å². The van der Waals surface area contributed by atoms with E-state index in [4.69, 9.17) is 20.2 Å². The highest BCUT2D eigenvalue weighted by molar-refractivity contribution is 6.03. The fourth-order valence-corrected chi connectivity index (χ4v) is 5.19. The normalized spacial score (nSPS) is 15.0. The predicted molar refractivity (Wildman–Crippen MR) is 158 cm³/mol. The fourth-order valence-electron chi connectivity index (χ4n) is 5.19. The van der Waals surface area contributed by atoms with Crippen LogP contribution in [-0.2, 0) is 9.47 Å². The van der Waals surface area contributed by atoms with Gasteiger partial charge in [-0.3, -0.25) is 0 Å². The Morgan fingerprint density at radius 3 is 2.70 bits per heavy atom. The maximum absolute atomic E-state index is 14.6. The number of carbonyl (C=O) groups is 1. The number of esters is 1. The van der Waals surface area contributed by atoms with Gasteiger partial charge in [-0.25, -0.2) is 38.8 Å². The van der Waals surface area contributed by atoms with E-state index in [1.165, 1.54) is 6.07 Å². The first kappa shape index (κ1) is 29.0. The smallest absolute Gasteiger partial charge is 0.359 e. The van der Waals surface area contributed by atoms with Crippen molar-refractivity contribution in [3.63, 3.8) is 0 Å². The minimum atomic E-state index is -0.846. The molecule has 0 saturated carbocycles. The molecule has 3 N–H and O–H groups in total. The molecular weight excluding hydrogens is 572 g/mol. The van der Waals surface area contributed by atoms with Crippen molar-refractivity contribution in [2.24, 2.45) is 0 Å². The number of benzene rings is 1. The second kappa shape index (κ2) is 11.9. The molecule has 1 unspecified atom stereocenters. The van der Waals surface area contributed by atoms with Crippen molar-refractivity contribution >= 4 is 34.2 Å². The number of nitrogens with two attached hydrogens (primary N) is 1. The van der Waals surface area contributed by atoms with Gasteiger partial charge < -0.3 is 20.5 Å². The number of hydrogen-bond acceptors (Lipinski definition) is 11. The van der Waals surface area contributed by atoms with E-state index in [1.807, 2.05) is 23.7 Å². The van der Waals surface area contributed by atoms with Crippen LogP contribution in [-0.4, -0.2) is 53.9 Å². The molecule has 44 heavy (non-hydrogen) atoms. The minimum absolute atomic E-state index is 0.00786. The molecule has 1 saturated heterocycles. The lowest BCUT2D eigenvalue weighted by Gasteiger charge is -2.23. The topological polar surface area (TPSA) is 156 Å². The summed E-state index contributed by atoms with van der Waals surface area (Å²) in [5.74, 6) is -2.50. The number of aryl methyl sites for hydroxylation is 2. The molecule has 1 aromatic carbocycles. The van der Waals surface area contributed by atoms with Crippen molar-refractivity contribution in [1.29, 1.82) is 0 Å². The second-order valence-electron chi connectivity index (χ2n) is 10.2. The molecule has 14 heteroatoms. The first-order valence-electron chi connectivity index (χ1n) is 14.1. The summed E-state index contributed by atoms with van der Waals surface area (Å²) >= 11 is 0. The molecule has 4 aromatic heterocycles. The van der Waals surface area contributed by atoms with Crippen molar-refractivity contribution in [3.8, 4) is 22.6 Å². The van der Waals surface area contributed by atoms with Gasteiger partial charge in [-0.1, -0.05) is 6.07 Å². The van der Waals surface area contributed by atoms with E-state index in [1.54, 1.807) is 20.0 Å². The van der Waals surface area contributed by atoms with Gasteiger partial charge in [0.15, 0.2) is 29.4 Å². The zero-order valence-corrected chi connectivity index (χ0v) is 24.3. The molecule has 5 aromatic rings. The van der Waals surface area contributed by atoms with Crippen LogP contribution in [0.3, 0.4) is 0 Å². The number of halogens is 2. The predicted octanol–water partition coefficient (Wildman–Crippen LogP) is 5.44. The van der Waals surface area contributed by atoms with Crippen LogP contribution in [0.5, 0.6) is 0 Å². The van der Waals surface area contributed by atoms with Gasteiger partial charge >= 0.3 is 5.97 Å². The number of fused-ring (bicyclic) bond motifs is 1. The third kappa shape index (κ3) is 5.39. The second-order valence-corrected chi connectivity index (χ2v) is 10.2. The Kier molecular flexibility index (Phi) is 7.82. The lowest BCUT2D eigenvalue weighted by Crippen LogP contribution is -2.19. The number of rotatable bonds is 7. The molecule has 1 atom stereocenters. The SMILES string of the molecule is CCOC(=O)c1nc(-c2ccc(F)nc2Nc2nc(C)ncc2F)nc(-c2c(C)ccc3c2cnn3C2CCCCO2)c1N. The highest BCUT2D eigenvalue weighted by atomic mass is 19.1. The summed E-state index contributed by atoms with van der Waals surface area (Å²) < 4.78 is 42.1. The van der Waals surface area contributed by atoms with Gasteiger partial charge in [-0.05, 0) is 63.8 Å². The highest BCUT2D eigenvalue weighted by Crippen LogP contribution is 2.39. The Morgan fingerprint density at radius 1 is 1.09 bits per heavy atom. The molecule has 0 spiro atoms. The summed E-state index contributed by atoms with van der Waals surface area (Å²) in [6.45, 7) is 5.86. The van der Waals surface area contributed by atoms with E-state index in [9.17, 15) is 13.6 Å². The van der Waals surface area contributed by atoms with Crippen molar-refractivity contribution in [2.45, 2.75) is 46.3 Å². The summed E-state index contributed by atoms with van der Waals surface area (Å²) in [5, 5.41) is 8.09. The van der Waals surface area contributed by atoms with E-state index >= 15 is 0 Å². The molecule has 6 rings (SSSR count). The van der Waals surface area contributed by atoms with E-state index in [2.05, 4.69) is 30.4 Å². The quantitative estimate of drug-likeness (QED) is 0.181. The molecule has 0 radical (unpaired) electrons. The average molecular weight is 602 g/mol. The number of nitrogen functional groups attached to an aromatic ring is 1. The van der Waals surface area contributed by atoms with Crippen LogP contribution in [0.2, 0.25) is 0 Å². The zero-order valence-electron chi connectivity index (χ0n) is 24.3. The molecule has 1 aliphatic rings. The van der Waals surface area contributed by atoms with Gasteiger partial charge in [-0.15, -0.1) is 0 Å². The maximum Gasteiger partial charge on any atom is 0.359 e. The standard InChI is InChI=1S/C30H29F2N9O3/c1-4-43-30(42)26-24(33)25(23-15(2)8-10-20-18(23)13-35-41(20)22-7-5-6-12-44-22)38-28(39-26)17-9-11-21(32)37-27(17)40-29-19(31)14-34-16(3)36-29/h8-11,13-14,22H,4-7,12,33H2,1-3H3,(H,34,36,37,40). The minimum Gasteiger partial charge on any atom is -0.461 e. The van der Waals surface area contributed by atoms with Crippen LogP contribution >= 0.6 is 0 Å². The molecule has 0 amide bonds. The lowest BCUT2D eigenvalue weighted by molar-refractivity contribution is -0.0366. The number of ether oxygens (including phenoxy) is 2. The first-order valence-corrected chi connectivity index (χ1v) is 14.1. The monoisotopic (exact) mass is 601 g/mol. The van der Waals surface area contributed by atoms with Gasteiger partial charge in [0.2, 0.25) is 5.95 Å². The number of carbonyl (C=O) groups excluding carboxylic acids is 1. The average Bonchev–Trinajstić information content (AvgIpc) is 3.44. The van der Waals surface area contributed by atoms with Crippen molar-refractivity contribution in [1.82, 2.24) is 34.7 Å². The fraction of sp³-hybridized carbons (Fsp3) is 0.300. The summed E-state index contributed by atoms with van der Waals surface area (Å²) in [6.07, 6.45) is 5.34. The van der Waals surface area contributed by atoms with Crippen LogP contribution in [0.1, 0.15) is 54.3 Å². The molecule has 226 valence electrons. The molecule has 1 fully saturated rings. The van der Waals surface area contributed by atoms with Crippen molar-refractivity contribution < 1.29 is 23.0 Å². The Balaban J connectivity index is 1.56. The Bertz CT molecular complexity index is 1890. The van der Waals surface area contributed by atoms with Crippen LogP contribution in [0.4, 0.5) is 26.1 Å². The molecular formula is C30H29F2N9O3. The Morgan fingerprint density at radius 2 is 1.93 bits per heavy atom. The van der Waals surface area contributed by atoms with Gasteiger partial charge in [0.25, 0.3) is 0 Å². The maximum atomic E-state index is 14.6. The molecule has 12 nitrogen and oxygen atoms in total. The molecule has 0 bridgehead atoms. The van der Waals surface area contributed by atoms with E-state index < -0.39 is 17.7 Å². The number of hydrogen-bond donors (Lipinski definition) is 2. The van der Waals surface area contributed by atoms with Crippen LogP contribution < -0.4 is 11.1 Å². The summed E-state index contributed by atoms with van der Waals surface area (Å²) in [6, 6.07) is 6.34. The Hall–Kier alpha value is -5.11. The third-order valence-corrected chi connectivity index (χ3v) is 7.27. The molecule has 1 aliphatic heterocycles. The number of pyridine rings is 1. The number of nitrogens with one attached hydrogen (secondary N) is 1. The largest absolute Gasteiger partial charge is 0.461 e. The van der Waals surface area contributed by atoms with Gasteiger partial charge in [0.05, 0.1) is 41.5 Å². The van der Waals surface area contributed by atoms with Gasteiger partial charge in [0.1, 0.15) is 11.6 Å². The molecule has 0 aliphatic carbocycles. The molecule has 5 heterocycles. The lowest BCUT2D eigenvalue weighted by atomic mass is 9.99. The summed E-state index contributed by atoms with van der Waals surface area (Å²) in [4.78, 5) is 34.1. The third-order valence-electron chi connectivity index (χ3n) is 7.27. The van der Waals surface area contributed by atoms with Crippen LogP contribution in [0.15, 0.2) is 36.7 Å². The van der Waals surface area contributed by atoms with E-state index in [0.29, 0.717) is 12.2 Å². The van der Waals surface area contributed by atoms with Crippen molar-refractivity contribution in [3.05, 3.63) is 65.5 Å². The number of aromatic nitrogens is 7. The summed E-state index contributed by atoms with van der Waals surface area (Å²) in [7, 11) is 0. The Labute approximate surface area is 250 Å². The number of anilines is 3. The van der Waals surface area contributed by atoms with E-state index in [0.717, 1.165) is 48.0 Å². The highest BCUT2D eigenvalue weighted by Gasteiger charge is 2.27. The first-order chi connectivity index (χ1) is 21.2. The van der Waals surface area contributed by atoms with Gasteiger partial charge in [0, 0.05) is 17.6 Å². The zero-order chi connectivity index (χ0) is 31.0. The van der Waals surface area contributed by atoms with Crippen molar-refractivity contribution in [2.75, 3.05) is 24.3 Å². The van der Waals surface area contributed by atoms with Crippen LogP contribution in [0, 0.1) is 25.6 Å². The summed E-state index contributed by atoms with van der Waals surface area (Å²) in [5.41, 5.74) is 9.02. The van der Waals surface area contributed by atoms with Crippen LogP contribution in [0.25, 0.3) is 33.5 Å².